The van der Waals surface area contributed by atoms with Crippen molar-refractivity contribution < 1.29 is 9.53 Å². The molecule has 0 saturated heterocycles. The number of ether oxygens (including phenoxy) is 1. The van der Waals surface area contributed by atoms with E-state index in [1.807, 2.05) is 6.92 Å². The summed E-state index contributed by atoms with van der Waals surface area (Å²) in [6, 6.07) is 2.66. The predicted molar refractivity (Wildman–Crippen MR) is 82.6 cm³/mol. The van der Waals surface area contributed by atoms with Crippen LogP contribution in [0.3, 0.4) is 0 Å². The van der Waals surface area contributed by atoms with Crippen molar-refractivity contribution in [1.29, 1.82) is 0 Å². The Morgan fingerprint density at radius 3 is 2.92 bits per heavy atom. The molecule has 0 aromatic carbocycles. The Morgan fingerprint density at radius 1 is 1.33 bits per heavy atom. The number of nitrogens with one attached hydrogen (secondary N) is 1. The zero-order chi connectivity index (χ0) is 17.1. The maximum absolute atomic E-state index is 12.1. The Labute approximate surface area is 136 Å². The molecule has 10 nitrogen and oxygen atoms in total. The molecule has 0 atom stereocenters. The van der Waals surface area contributed by atoms with Crippen molar-refractivity contribution >= 4 is 11.6 Å². The number of aromatic nitrogens is 6. The summed E-state index contributed by atoms with van der Waals surface area (Å²) in [6.07, 6.45) is 3.25. The van der Waals surface area contributed by atoms with Gasteiger partial charge in [-0.15, -0.1) is 10.2 Å². The van der Waals surface area contributed by atoms with Gasteiger partial charge in [0.05, 0.1) is 13.2 Å². The quantitative estimate of drug-likeness (QED) is 0.673. The van der Waals surface area contributed by atoms with E-state index in [1.54, 1.807) is 16.8 Å². The smallest absolute Gasteiger partial charge is 0.272 e. The molecule has 0 bridgehead atoms. The van der Waals surface area contributed by atoms with Crippen LogP contribution in [0.15, 0.2) is 29.3 Å². The number of nitrogens with zero attached hydrogens (tertiary/aromatic N) is 6. The SMILES string of the molecule is CCOc1nccn2c(CNC(=O)c3ccc(=O)n(C)n3)nnc12. The van der Waals surface area contributed by atoms with Gasteiger partial charge in [-0.25, -0.2) is 9.67 Å². The lowest BCUT2D eigenvalue weighted by Gasteiger charge is -2.05. The first kappa shape index (κ1) is 15.6. The summed E-state index contributed by atoms with van der Waals surface area (Å²) in [5, 5.41) is 14.6. The van der Waals surface area contributed by atoms with E-state index in [9.17, 15) is 9.59 Å². The summed E-state index contributed by atoms with van der Waals surface area (Å²) < 4.78 is 8.17. The standard InChI is InChI=1S/C14H15N7O3/c1-3-24-14-12-18-17-10(21(12)7-6-15-14)8-16-13(23)9-4-5-11(22)20(2)19-9/h4-7H,3,8H2,1-2H3,(H,16,23). The van der Waals surface area contributed by atoms with Gasteiger partial charge in [0, 0.05) is 25.5 Å². The van der Waals surface area contributed by atoms with E-state index in [-0.39, 0.29) is 17.8 Å². The number of amides is 1. The Hall–Kier alpha value is -3.30. The monoisotopic (exact) mass is 329 g/mol. The average molecular weight is 329 g/mol. The second-order valence-corrected chi connectivity index (χ2v) is 4.84. The van der Waals surface area contributed by atoms with Crippen molar-refractivity contribution in [2.45, 2.75) is 13.5 Å². The summed E-state index contributed by atoms with van der Waals surface area (Å²) in [6.45, 7) is 2.45. The third-order valence-electron chi connectivity index (χ3n) is 3.25. The van der Waals surface area contributed by atoms with E-state index in [0.717, 1.165) is 4.68 Å². The third kappa shape index (κ3) is 2.93. The van der Waals surface area contributed by atoms with Gasteiger partial charge in [0.1, 0.15) is 5.69 Å². The summed E-state index contributed by atoms with van der Waals surface area (Å²) in [4.78, 5) is 27.5. The van der Waals surface area contributed by atoms with Crippen molar-refractivity contribution in [3.63, 3.8) is 0 Å². The van der Waals surface area contributed by atoms with E-state index in [4.69, 9.17) is 4.74 Å². The molecule has 0 radical (unpaired) electrons. The highest BCUT2D eigenvalue weighted by molar-refractivity contribution is 5.91. The number of carbonyl (C=O) groups is 1. The highest BCUT2D eigenvalue weighted by atomic mass is 16.5. The molecule has 3 aromatic heterocycles. The largest absolute Gasteiger partial charge is 0.475 e. The first-order chi connectivity index (χ1) is 11.6. The second kappa shape index (κ2) is 6.44. The van der Waals surface area contributed by atoms with Gasteiger partial charge >= 0.3 is 0 Å². The lowest BCUT2D eigenvalue weighted by atomic mass is 10.3. The molecule has 3 heterocycles. The molecule has 0 fully saturated rings. The lowest BCUT2D eigenvalue weighted by molar-refractivity contribution is 0.0942. The number of hydrogen-bond acceptors (Lipinski definition) is 7. The molecule has 0 spiro atoms. The minimum atomic E-state index is -0.415. The lowest BCUT2D eigenvalue weighted by Crippen LogP contribution is -2.28. The predicted octanol–water partition coefficient (Wildman–Crippen LogP) is -0.453. The summed E-state index contributed by atoms with van der Waals surface area (Å²) in [7, 11) is 1.48. The van der Waals surface area contributed by atoms with Gasteiger partial charge in [-0.1, -0.05) is 0 Å². The first-order valence-corrected chi connectivity index (χ1v) is 7.24. The Morgan fingerprint density at radius 2 is 2.17 bits per heavy atom. The van der Waals surface area contributed by atoms with Crippen LogP contribution in [0.2, 0.25) is 0 Å². The van der Waals surface area contributed by atoms with E-state index >= 15 is 0 Å². The number of carbonyl (C=O) groups excluding carboxylic acids is 1. The van der Waals surface area contributed by atoms with Crippen LogP contribution in [0.25, 0.3) is 5.65 Å². The normalized spacial score (nSPS) is 10.8. The fraction of sp³-hybridized carbons (Fsp3) is 0.286. The minimum Gasteiger partial charge on any atom is -0.475 e. The highest BCUT2D eigenvalue weighted by Gasteiger charge is 2.13. The van der Waals surface area contributed by atoms with E-state index in [0.29, 0.717) is 24.0 Å². The summed E-state index contributed by atoms with van der Waals surface area (Å²) in [5.74, 6) is 0.484. The zero-order valence-electron chi connectivity index (χ0n) is 13.1. The molecule has 0 aliphatic heterocycles. The van der Waals surface area contributed by atoms with Crippen molar-refractivity contribution in [2.75, 3.05) is 6.61 Å². The molecule has 0 unspecified atom stereocenters. The fourth-order valence-corrected chi connectivity index (χ4v) is 2.08. The van der Waals surface area contributed by atoms with Crippen molar-refractivity contribution in [1.82, 2.24) is 34.7 Å². The molecule has 124 valence electrons. The van der Waals surface area contributed by atoms with Crippen LogP contribution in [0.1, 0.15) is 23.2 Å². The van der Waals surface area contributed by atoms with E-state index in [2.05, 4.69) is 25.6 Å². The minimum absolute atomic E-state index is 0.139. The number of fused-ring (bicyclic) bond motifs is 1. The van der Waals surface area contributed by atoms with Gasteiger partial charge in [-0.2, -0.15) is 5.10 Å². The van der Waals surface area contributed by atoms with Crippen LogP contribution < -0.4 is 15.6 Å². The molecule has 3 aromatic rings. The van der Waals surface area contributed by atoms with E-state index < -0.39 is 5.91 Å². The van der Waals surface area contributed by atoms with Crippen LogP contribution in [0, 0.1) is 0 Å². The molecule has 0 aliphatic rings. The van der Waals surface area contributed by atoms with Gasteiger partial charge in [-0.05, 0) is 13.0 Å². The number of aryl methyl sites for hydroxylation is 1. The number of hydrogen-bond donors (Lipinski definition) is 1. The molecule has 10 heteroatoms. The number of rotatable bonds is 5. The Bertz CT molecular complexity index is 947. The summed E-state index contributed by atoms with van der Waals surface area (Å²) in [5.41, 5.74) is 0.331. The molecule has 24 heavy (non-hydrogen) atoms. The van der Waals surface area contributed by atoms with Gasteiger partial charge in [-0.3, -0.25) is 14.0 Å². The molecular weight excluding hydrogens is 314 g/mol. The van der Waals surface area contributed by atoms with Crippen molar-refractivity contribution in [3.8, 4) is 5.88 Å². The van der Waals surface area contributed by atoms with Crippen LogP contribution in [0.4, 0.5) is 0 Å². The van der Waals surface area contributed by atoms with Crippen LogP contribution >= 0.6 is 0 Å². The topological polar surface area (TPSA) is 116 Å². The van der Waals surface area contributed by atoms with E-state index in [1.165, 1.54) is 19.2 Å². The van der Waals surface area contributed by atoms with Crippen LogP contribution in [0.5, 0.6) is 5.88 Å². The molecular formula is C14H15N7O3. The Kier molecular flexibility index (Phi) is 4.18. The van der Waals surface area contributed by atoms with Gasteiger partial charge in [0.15, 0.2) is 5.82 Å². The third-order valence-corrected chi connectivity index (χ3v) is 3.25. The fourth-order valence-electron chi connectivity index (χ4n) is 2.08. The maximum Gasteiger partial charge on any atom is 0.272 e. The molecule has 1 N–H and O–H groups in total. The zero-order valence-corrected chi connectivity index (χ0v) is 13.1. The van der Waals surface area contributed by atoms with Gasteiger partial charge < -0.3 is 10.1 Å². The van der Waals surface area contributed by atoms with Crippen LogP contribution in [-0.4, -0.2) is 41.9 Å². The maximum atomic E-state index is 12.1. The summed E-state index contributed by atoms with van der Waals surface area (Å²) >= 11 is 0. The second-order valence-electron chi connectivity index (χ2n) is 4.84. The average Bonchev–Trinajstić information content (AvgIpc) is 2.99. The molecule has 3 rings (SSSR count). The first-order valence-electron chi connectivity index (χ1n) is 7.24. The van der Waals surface area contributed by atoms with Crippen LogP contribution in [-0.2, 0) is 13.6 Å². The molecule has 0 saturated carbocycles. The Balaban J connectivity index is 1.78. The molecule has 1 amide bonds. The van der Waals surface area contributed by atoms with Crippen molar-refractivity contribution in [2.24, 2.45) is 7.05 Å². The van der Waals surface area contributed by atoms with Gasteiger partial charge in [0.25, 0.3) is 17.3 Å². The van der Waals surface area contributed by atoms with Crippen molar-refractivity contribution in [3.05, 3.63) is 46.4 Å². The van der Waals surface area contributed by atoms with Gasteiger partial charge in [0.2, 0.25) is 5.65 Å². The molecule has 0 aliphatic carbocycles. The highest BCUT2D eigenvalue weighted by Crippen LogP contribution is 2.14.